The summed E-state index contributed by atoms with van der Waals surface area (Å²) in [5, 5.41) is 8.03. The van der Waals surface area contributed by atoms with Crippen molar-refractivity contribution in [1.29, 1.82) is 0 Å². The Kier molecular flexibility index (Phi) is 4.62. The van der Waals surface area contributed by atoms with Gasteiger partial charge in [-0.05, 0) is 56.9 Å². The number of pyridine rings is 1. The number of rotatable bonds is 4. The molecule has 7 nitrogen and oxygen atoms in total. The smallest absolute Gasteiger partial charge is 0.256 e. The van der Waals surface area contributed by atoms with Crippen molar-refractivity contribution in [2.24, 2.45) is 0 Å². The number of halogens is 1. The Hall–Kier alpha value is -2.81. The molecule has 1 N–H and O–H groups in total. The number of fused-ring (bicyclic) bond motifs is 1. The van der Waals surface area contributed by atoms with Crippen LogP contribution in [0.3, 0.4) is 0 Å². The van der Waals surface area contributed by atoms with Crippen LogP contribution in [0.2, 0.25) is 0 Å². The van der Waals surface area contributed by atoms with E-state index in [2.05, 4.69) is 10.4 Å². The molecular weight excluding hydrogens is 419 g/mol. The highest BCUT2D eigenvalue weighted by Gasteiger charge is 2.34. The third-order valence-electron chi connectivity index (χ3n) is 6.10. The molecule has 1 saturated carbocycles. The van der Waals surface area contributed by atoms with Crippen LogP contribution in [0.15, 0.2) is 24.3 Å². The van der Waals surface area contributed by atoms with E-state index in [1.54, 1.807) is 30.7 Å². The predicted octanol–water partition coefficient (Wildman–Crippen LogP) is 3.68. The van der Waals surface area contributed by atoms with Gasteiger partial charge >= 0.3 is 0 Å². The van der Waals surface area contributed by atoms with E-state index in [1.165, 1.54) is 12.1 Å². The van der Waals surface area contributed by atoms with Crippen molar-refractivity contribution in [2.45, 2.75) is 45.1 Å². The molecular formula is C22H23FN4O3S. The molecule has 0 radical (unpaired) electrons. The fourth-order valence-electron chi connectivity index (χ4n) is 4.24. The molecule has 0 spiro atoms. The molecule has 3 aromatic rings. The molecule has 1 amide bonds. The molecule has 2 aromatic heterocycles. The Labute approximate surface area is 179 Å². The third kappa shape index (κ3) is 3.71. The summed E-state index contributed by atoms with van der Waals surface area (Å²) >= 11 is 0. The van der Waals surface area contributed by atoms with E-state index in [0.29, 0.717) is 40.3 Å². The maximum atomic E-state index is 13.7. The number of nitrogens with one attached hydrogen (secondary N) is 1. The van der Waals surface area contributed by atoms with Gasteiger partial charge in [-0.3, -0.25) is 4.79 Å². The third-order valence-corrected chi connectivity index (χ3v) is 7.85. The van der Waals surface area contributed by atoms with Crippen LogP contribution in [0.1, 0.15) is 58.5 Å². The standard InChI is InChI=1S/C22H23FN4O3S/c1-12-3-6-15(23)9-18(12)25-22(28)17-10-19(14-4-5-14)24-21-20(17)13(2)26-27(21)16-7-8-31(29,30)11-16/h3,6,9-10,14,16H,4-5,7-8,11H2,1-2H3,(H,25,28)/t16-/m0/s1. The first-order valence-electron chi connectivity index (χ1n) is 10.4. The average Bonchev–Trinajstić information content (AvgIpc) is 3.43. The van der Waals surface area contributed by atoms with Crippen molar-refractivity contribution in [3.8, 4) is 0 Å². The summed E-state index contributed by atoms with van der Waals surface area (Å²) in [6.45, 7) is 3.60. The number of aromatic nitrogens is 3. The number of sulfone groups is 1. The Morgan fingerprint density at radius 3 is 2.65 bits per heavy atom. The van der Waals surface area contributed by atoms with E-state index in [9.17, 15) is 17.6 Å². The number of anilines is 1. The molecule has 9 heteroatoms. The number of carbonyl (C=O) groups is 1. The highest BCUT2D eigenvalue weighted by molar-refractivity contribution is 7.91. The van der Waals surface area contributed by atoms with Crippen LogP contribution in [0, 0.1) is 19.7 Å². The molecule has 5 rings (SSSR count). The molecule has 162 valence electrons. The molecule has 31 heavy (non-hydrogen) atoms. The first-order valence-corrected chi connectivity index (χ1v) is 12.2. The number of benzene rings is 1. The highest BCUT2D eigenvalue weighted by Crippen LogP contribution is 2.41. The van der Waals surface area contributed by atoms with Crippen LogP contribution in [0.5, 0.6) is 0 Å². The van der Waals surface area contributed by atoms with E-state index in [1.807, 2.05) is 0 Å². The van der Waals surface area contributed by atoms with Crippen molar-refractivity contribution >= 4 is 32.5 Å². The molecule has 1 saturated heterocycles. The topological polar surface area (TPSA) is 93.9 Å². The SMILES string of the molecule is Cc1ccc(F)cc1NC(=O)c1cc(C2CC2)nc2c1c(C)nn2[C@H]1CCS(=O)(=O)C1. The van der Waals surface area contributed by atoms with Gasteiger partial charge in [0.1, 0.15) is 5.82 Å². The minimum absolute atomic E-state index is 0.0303. The zero-order valence-electron chi connectivity index (χ0n) is 17.4. The number of nitrogens with zero attached hydrogens (tertiary/aromatic N) is 3. The zero-order valence-corrected chi connectivity index (χ0v) is 18.2. The summed E-state index contributed by atoms with van der Waals surface area (Å²) in [6, 6.07) is 5.78. The fourth-order valence-corrected chi connectivity index (χ4v) is 5.93. The highest BCUT2D eigenvalue weighted by atomic mass is 32.2. The van der Waals surface area contributed by atoms with Crippen molar-refractivity contribution < 1.29 is 17.6 Å². The van der Waals surface area contributed by atoms with Gasteiger partial charge in [0.05, 0.1) is 34.2 Å². The Morgan fingerprint density at radius 1 is 1.19 bits per heavy atom. The van der Waals surface area contributed by atoms with Gasteiger partial charge in [0.15, 0.2) is 15.5 Å². The first kappa shape index (κ1) is 20.1. The largest absolute Gasteiger partial charge is 0.322 e. The minimum atomic E-state index is -3.10. The predicted molar refractivity (Wildman–Crippen MR) is 116 cm³/mol. The van der Waals surface area contributed by atoms with E-state index in [0.717, 1.165) is 24.1 Å². The molecule has 0 bridgehead atoms. The molecule has 1 aromatic carbocycles. The lowest BCUT2D eigenvalue weighted by Crippen LogP contribution is -2.16. The molecule has 0 unspecified atom stereocenters. The van der Waals surface area contributed by atoms with Crippen molar-refractivity contribution in [2.75, 3.05) is 16.8 Å². The average molecular weight is 443 g/mol. The van der Waals surface area contributed by atoms with Gasteiger partial charge < -0.3 is 5.32 Å². The zero-order chi connectivity index (χ0) is 21.9. The van der Waals surface area contributed by atoms with Crippen molar-refractivity contribution in [1.82, 2.24) is 14.8 Å². The maximum Gasteiger partial charge on any atom is 0.256 e. The monoisotopic (exact) mass is 442 g/mol. The van der Waals surface area contributed by atoms with E-state index < -0.39 is 15.7 Å². The van der Waals surface area contributed by atoms with E-state index >= 15 is 0 Å². The summed E-state index contributed by atoms with van der Waals surface area (Å²) < 4.78 is 39.4. The fraction of sp³-hybridized carbons (Fsp3) is 0.409. The molecule has 1 aliphatic heterocycles. The van der Waals surface area contributed by atoms with Crippen LogP contribution in [0.4, 0.5) is 10.1 Å². The molecule has 1 atom stereocenters. The first-order chi connectivity index (χ1) is 14.7. The lowest BCUT2D eigenvalue weighted by atomic mass is 10.1. The van der Waals surface area contributed by atoms with Gasteiger partial charge in [0.2, 0.25) is 0 Å². The Balaban J connectivity index is 1.62. The van der Waals surface area contributed by atoms with Gasteiger partial charge in [-0.2, -0.15) is 5.10 Å². The quantitative estimate of drug-likeness (QED) is 0.665. The Bertz CT molecular complexity index is 1330. The second-order valence-corrected chi connectivity index (χ2v) is 10.8. The molecule has 2 fully saturated rings. The second kappa shape index (κ2) is 7.12. The van der Waals surface area contributed by atoms with Crippen LogP contribution in [-0.4, -0.2) is 40.6 Å². The molecule has 1 aliphatic carbocycles. The minimum Gasteiger partial charge on any atom is -0.322 e. The van der Waals surface area contributed by atoms with Gasteiger partial charge in [-0.1, -0.05) is 6.07 Å². The normalized spacial score (nSPS) is 20.3. The number of amides is 1. The van der Waals surface area contributed by atoms with Crippen molar-refractivity contribution in [3.05, 3.63) is 52.6 Å². The van der Waals surface area contributed by atoms with Gasteiger partial charge in [-0.25, -0.2) is 22.5 Å². The summed E-state index contributed by atoms with van der Waals surface area (Å²) in [5.41, 5.74) is 3.58. The van der Waals surface area contributed by atoms with Crippen LogP contribution >= 0.6 is 0 Å². The molecule has 2 aliphatic rings. The summed E-state index contributed by atoms with van der Waals surface area (Å²) in [4.78, 5) is 18.1. The van der Waals surface area contributed by atoms with Crippen LogP contribution in [-0.2, 0) is 9.84 Å². The molecule has 3 heterocycles. The Morgan fingerprint density at radius 2 is 1.97 bits per heavy atom. The summed E-state index contributed by atoms with van der Waals surface area (Å²) in [6.07, 6.45) is 2.50. The lowest BCUT2D eigenvalue weighted by molar-refractivity contribution is 0.102. The number of hydrogen-bond donors (Lipinski definition) is 1. The van der Waals surface area contributed by atoms with Crippen molar-refractivity contribution in [3.63, 3.8) is 0 Å². The van der Waals surface area contributed by atoms with E-state index in [-0.39, 0.29) is 23.5 Å². The summed E-state index contributed by atoms with van der Waals surface area (Å²) in [7, 11) is -3.10. The van der Waals surface area contributed by atoms with Gasteiger partial charge in [0, 0.05) is 17.3 Å². The number of hydrogen-bond acceptors (Lipinski definition) is 5. The number of aryl methyl sites for hydroxylation is 2. The lowest BCUT2D eigenvalue weighted by Gasteiger charge is -2.13. The number of carbonyl (C=O) groups excluding carboxylic acids is 1. The van der Waals surface area contributed by atoms with Gasteiger partial charge in [-0.15, -0.1) is 0 Å². The maximum absolute atomic E-state index is 13.7. The summed E-state index contributed by atoms with van der Waals surface area (Å²) in [5.74, 6) is -0.326. The van der Waals surface area contributed by atoms with Crippen LogP contribution < -0.4 is 5.32 Å². The van der Waals surface area contributed by atoms with E-state index in [4.69, 9.17) is 4.98 Å². The van der Waals surface area contributed by atoms with Crippen LogP contribution in [0.25, 0.3) is 11.0 Å². The van der Waals surface area contributed by atoms with Gasteiger partial charge in [0.25, 0.3) is 5.91 Å². The second-order valence-electron chi connectivity index (χ2n) is 8.57.